The maximum atomic E-state index is 13.5. The Morgan fingerprint density at radius 1 is 1.13 bits per heavy atom. The molecule has 0 radical (unpaired) electrons. The third-order valence-electron chi connectivity index (χ3n) is 5.40. The first-order valence-corrected chi connectivity index (χ1v) is 10.1. The Kier molecular flexibility index (Phi) is 6.55. The van der Waals surface area contributed by atoms with E-state index in [1.807, 2.05) is 6.92 Å². The van der Waals surface area contributed by atoms with Gasteiger partial charge in [-0.3, -0.25) is 9.59 Å². The topological polar surface area (TPSA) is 66.8 Å². The Labute approximate surface area is 175 Å². The molecule has 3 rings (SSSR count). The van der Waals surface area contributed by atoms with Crippen LogP contribution in [0.5, 0.6) is 5.75 Å². The predicted octanol–water partition coefficient (Wildman–Crippen LogP) is 4.75. The van der Waals surface area contributed by atoms with Crippen molar-refractivity contribution >= 4 is 17.4 Å². The molecule has 158 valence electrons. The number of ketones is 1. The molecule has 0 aliphatic carbocycles. The zero-order chi connectivity index (χ0) is 21.8. The molecule has 0 saturated carbocycles. The summed E-state index contributed by atoms with van der Waals surface area (Å²) in [5, 5.41) is 11.0. The highest BCUT2D eigenvalue weighted by atomic mass is 19.1. The summed E-state index contributed by atoms with van der Waals surface area (Å²) >= 11 is 0. The maximum Gasteiger partial charge on any atom is 0.295 e. The second-order valence-electron chi connectivity index (χ2n) is 7.44. The summed E-state index contributed by atoms with van der Waals surface area (Å²) in [4.78, 5) is 27.2. The molecule has 1 aliphatic heterocycles. The van der Waals surface area contributed by atoms with Crippen molar-refractivity contribution in [1.29, 1.82) is 0 Å². The number of aliphatic hydroxyl groups is 1. The fourth-order valence-electron chi connectivity index (χ4n) is 3.82. The van der Waals surface area contributed by atoms with E-state index in [1.165, 1.54) is 17.0 Å². The number of aliphatic hydroxyl groups excluding tert-OH is 1. The van der Waals surface area contributed by atoms with Crippen LogP contribution in [0, 0.1) is 12.7 Å². The average molecular weight is 411 g/mol. The number of aryl methyl sites for hydroxylation is 1. The lowest BCUT2D eigenvalue weighted by Crippen LogP contribution is -2.30. The van der Waals surface area contributed by atoms with Gasteiger partial charge in [-0.25, -0.2) is 4.39 Å². The van der Waals surface area contributed by atoms with E-state index in [0.29, 0.717) is 23.4 Å². The van der Waals surface area contributed by atoms with Crippen LogP contribution in [0.2, 0.25) is 0 Å². The molecule has 1 unspecified atom stereocenters. The molecule has 1 fully saturated rings. The number of halogens is 1. The quantitative estimate of drug-likeness (QED) is 0.309. The van der Waals surface area contributed by atoms with E-state index >= 15 is 0 Å². The van der Waals surface area contributed by atoms with Gasteiger partial charge < -0.3 is 14.7 Å². The summed E-state index contributed by atoms with van der Waals surface area (Å²) in [6, 6.07) is 9.97. The number of carbonyl (C=O) groups excluding carboxylic acids is 2. The van der Waals surface area contributed by atoms with E-state index < -0.39 is 23.5 Å². The molecule has 0 spiro atoms. The van der Waals surface area contributed by atoms with Gasteiger partial charge in [0.25, 0.3) is 11.7 Å². The molecule has 2 aromatic carbocycles. The van der Waals surface area contributed by atoms with E-state index in [2.05, 4.69) is 6.92 Å². The summed E-state index contributed by atoms with van der Waals surface area (Å²) in [6.45, 7) is 4.27. The number of hydrogen-bond acceptors (Lipinski definition) is 4. The number of hydrogen-bond donors (Lipinski definition) is 1. The van der Waals surface area contributed by atoms with Crippen LogP contribution < -0.4 is 4.74 Å². The zero-order valence-electron chi connectivity index (χ0n) is 17.4. The molecule has 1 atom stereocenters. The van der Waals surface area contributed by atoms with Gasteiger partial charge in [0, 0.05) is 12.1 Å². The standard InChI is InChI=1S/C24H26FNO4/c1-4-5-6-13-26-21(16-7-10-18(25)11-8-16)20(23(28)24(26)29)22(27)17-9-12-19(30-3)15(2)14-17/h7-12,14,21,27H,4-6,13H2,1-3H3/b22-20-. The third kappa shape index (κ3) is 4.08. The van der Waals surface area contributed by atoms with Gasteiger partial charge in [-0.2, -0.15) is 0 Å². The summed E-state index contributed by atoms with van der Waals surface area (Å²) in [5.74, 6) is -1.38. The SMILES string of the molecule is CCCCCN1C(=O)C(=O)/C(=C(\O)c2ccc(OC)c(C)c2)C1c1ccc(F)cc1. The number of Topliss-reactive ketones (excluding diaryl/α,β-unsaturated/α-hetero) is 1. The molecular formula is C24H26FNO4. The van der Waals surface area contributed by atoms with Crippen molar-refractivity contribution < 1.29 is 23.8 Å². The molecule has 1 aliphatic rings. The monoisotopic (exact) mass is 411 g/mol. The summed E-state index contributed by atoms with van der Waals surface area (Å²) in [6.07, 6.45) is 2.62. The number of rotatable bonds is 7. The van der Waals surface area contributed by atoms with Crippen molar-refractivity contribution in [3.8, 4) is 5.75 Å². The lowest BCUT2D eigenvalue weighted by Gasteiger charge is -2.25. The minimum atomic E-state index is -0.759. The number of likely N-dealkylation sites (tertiary alicyclic amines) is 1. The first kappa shape index (κ1) is 21.6. The minimum Gasteiger partial charge on any atom is -0.507 e. The lowest BCUT2D eigenvalue weighted by atomic mass is 9.94. The molecular weight excluding hydrogens is 385 g/mol. The van der Waals surface area contributed by atoms with Crippen LogP contribution in [-0.4, -0.2) is 35.4 Å². The van der Waals surface area contributed by atoms with E-state index in [4.69, 9.17) is 4.74 Å². The van der Waals surface area contributed by atoms with Crippen molar-refractivity contribution in [2.24, 2.45) is 0 Å². The van der Waals surface area contributed by atoms with Gasteiger partial charge >= 0.3 is 0 Å². The smallest absolute Gasteiger partial charge is 0.295 e. The van der Waals surface area contributed by atoms with Crippen molar-refractivity contribution in [3.05, 3.63) is 70.5 Å². The minimum absolute atomic E-state index is 0.0210. The van der Waals surface area contributed by atoms with Gasteiger partial charge in [-0.1, -0.05) is 31.9 Å². The number of amides is 1. The first-order valence-electron chi connectivity index (χ1n) is 10.1. The molecule has 2 aromatic rings. The Bertz CT molecular complexity index is 981. The fraction of sp³-hybridized carbons (Fsp3) is 0.333. The van der Waals surface area contributed by atoms with E-state index in [-0.39, 0.29) is 11.3 Å². The van der Waals surface area contributed by atoms with Crippen LogP contribution in [-0.2, 0) is 9.59 Å². The largest absolute Gasteiger partial charge is 0.507 e. The van der Waals surface area contributed by atoms with Crippen molar-refractivity contribution in [1.82, 2.24) is 4.90 Å². The molecule has 0 aromatic heterocycles. The number of unbranched alkanes of at least 4 members (excludes halogenated alkanes) is 2. The maximum absolute atomic E-state index is 13.5. The Balaban J connectivity index is 2.12. The molecule has 1 heterocycles. The molecule has 1 amide bonds. The van der Waals surface area contributed by atoms with Crippen LogP contribution in [0.25, 0.3) is 5.76 Å². The summed E-state index contributed by atoms with van der Waals surface area (Å²) in [7, 11) is 1.55. The van der Waals surface area contributed by atoms with Gasteiger partial charge in [-0.15, -0.1) is 0 Å². The average Bonchev–Trinajstić information content (AvgIpc) is 2.99. The molecule has 30 heavy (non-hydrogen) atoms. The van der Waals surface area contributed by atoms with E-state index in [1.54, 1.807) is 37.4 Å². The highest BCUT2D eigenvalue weighted by molar-refractivity contribution is 6.46. The number of benzene rings is 2. The third-order valence-corrected chi connectivity index (χ3v) is 5.40. The predicted molar refractivity (Wildman–Crippen MR) is 113 cm³/mol. The van der Waals surface area contributed by atoms with Crippen molar-refractivity contribution in [2.45, 2.75) is 39.2 Å². The normalized spacial score (nSPS) is 18.1. The van der Waals surface area contributed by atoms with Crippen LogP contribution in [0.1, 0.15) is 48.9 Å². The Hall–Kier alpha value is -3.15. The van der Waals surface area contributed by atoms with Crippen molar-refractivity contribution in [2.75, 3.05) is 13.7 Å². The highest BCUT2D eigenvalue weighted by Crippen LogP contribution is 2.40. The van der Waals surface area contributed by atoms with Crippen LogP contribution >= 0.6 is 0 Å². The van der Waals surface area contributed by atoms with Crippen LogP contribution in [0.4, 0.5) is 4.39 Å². The zero-order valence-corrected chi connectivity index (χ0v) is 17.4. The van der Waals surface area contributed by atoms with Crippen molar-refractivity contribution in [3.63, 3.8) is 0 Å². The first-order chi connectivity index (χ1) is 14.4. The number of ether oxygens (including phenoxy) is 1. The van der Waals surface area contributed by atoms with Gasteiger partial charge in [0.1, 0.15) is 17.3 Å². The Morgan fingerprint density at radius 3 is 2.43 bits per heavy atom. The molecule has 0 bridgehead atoms. The van der Waals surface area contributed by atoms with E-state index in [0.717, 1.165) is 24.8 Å². The highest BCUT2D eigenvalue weighted by Gasteiger charge is 2.45. The molecule has 1 saturated heterocycles. The van der Waals surface area contributed by atoms with Crippen LogP contribution in [0.15, 0.2) is 48.0 Å². The van der Waals surface area contributed by atoms with Crippen LogP contribution in [0.3, 0.4) is 0 Å². The Morgan fingerprint density at radius 2 is 1.83 bits per heavy atom. The van der Waals surface area contributed by atoms with Gasteiger partial charge in [-0.05, 0) is 54.8 Å². The number of carbonyl (C=O) groups is 2. The lowest BCUT2D eigenvalue weighted by molar-refractivity contribution is -0.139. The van der Waals surface area contributed by atoms with Gasteiger partial charge in [0.15, 0.2) is 0 Å². The molecule has 1 N–H and O–H groups in total. The number of methoxy groups -OCH3 is 1. The molecule has 5 nitrogen and oxygen atoms in total. The second kappa shape index (κ2) is 9.11. The second-order valence-corrected chi connectivity index (χ2v) is 7.44. The summed E-state index contributed by atoms with van der Waals surface area (Å²) < 4.78 is 18.7. The van der Waals surface area contributed by atoms with Gasteiger partial charge in [0.05, 0.1) is 18.7 Å². The van der Waals surface area contributed by atoms with Gasteiger partial charge in [0.2, 0.25) is 0 Å². The fourth-order valence-corrected chi connectivity index (χ4v) is 3.82. The van der Waals surface area contributed by atoms with E-state index in [9.17, 15) is 19.1 Å². The summed E-state index contributed by atoms with van der Waals surface area (Å²) in [5.41, 5.74) is 1.82. The number of nitrogens with zero attached hydrogens (tertiary/aromatic N) is 1. The molecule has 6 heteroatoms.